The molecule has 0 saturated carbocycles. The third-order valence-corrected chi connectivity index (χ3v) is 8.87. The van der Waals surface area contributed by atoms with Crippen LogP contribution in [-0.4, -0.2) is 58.8 Å². The Labute approximate surface area is 229 Å². The summed E-state index contributed by atoms with van der Waals surface area (Å²) in [5, 5.41) is 3.01. The van der Waals surface area contributed by atoms with Gasteiger partial charge in [-0.1, -0.05) is 30.4 Å². The van der Waals surface area contributed by atoms with Crippen molar-refractivity contribution in [3.05, 3.63) is 88.2 Å². The Morgan fingerprint density at radius 3 is 2.67 bits per heavy atom. The fraction of sp³-hybridized carbons (Fsp3) is 0.438. The zero-order chi connectivity index (χ0) is 26.9. The van der Waals surface area contributed by atoms with E-state index < -0.39 is 0 Å². The van der Waals surface area contributed by atoms with E-state index in [9.17, 15) is 14.0 Å². The molecule has 6 rings (SSSR count). The number of amides is 2. The lowest BCUT2D eigenvalue weighted by Gasteiger charge is -2.36. The fourth-order valence-corrected chi connectivity index (χ4v) is 6.79. The molecule has 2 N–H and O–H groups in total. The Kier molecular flexibility index (Phi) is 7.26. The average molecular weight is 529 g/mol. The molecule has 2 atom stereocenters. The highest BCUT2D eigenvalue weighted by Gasteiger charge is 2.36. The molecule has 3 saturated heterocycles. The second kappa shape index (κ2) is 11.0. The van der Waals surface area contributed by atoms with Gasteiger partial charge in [-0.15, -0.1) is 0 Å². The topological polar surface area (TPSA) is 68.4 Å². The van der Waals surface area contributed by atoms with Crippen LogP contribution in [0.3, 0.4) is 0 Å². The van der Waals surface area contributed by atoms with Gasteiger partial charge in [0.2, 0.25) is 5.91 Å². The minimum Gasteiger partial charge on any atom is -0.359 e. The fourth-order valence-electron chi connectivity index (χ4n) is 6.79. The van der Waals surface area contributed by atoms with Crippen molar-refractivity contribution < 1.29 is 14.0 Å². The summed E-state index contributed by atoms with van der Waals surface area (Å²) in [6.45, 7) is 5.98. The van der Waals surface area contributed by atoms with Gasteiger partial charge < -0.3 is 20.1 Å². The lowest BCUT2D eigenvalue weighted by Crippen LogP contribution is -2.46. The molecular weight excluding hydrogens is 491 g/mol. The normalized spacial score (nSPS) is 25.1. The van der Waals surface area contributed by atoms with Gasteiger partial charge >= 0.3 is 0 Å². The Morgan fingerprint density at radius 1 is 1.13 bits per heavy atom. The number of aryl methyl sites for hydroxylation is 1. The number of nitrogens with one attached hydrogen (secondary N) is 2. The van der Waals surface area contributed by atoms with Crippen molar-refractivity contribution in [1.82, 2.24) is 20.1 Å². The van der Waals surface area contributed by atoms with E-state index in [1.807, 2.05) is 54.3 Å². The number of allylic oxidation sites excluding steroid dienone is 4. The molecule has 7 heteroatoms. The summed E-state index contributed by atoms with van der Waals surface area (Å²) >= 11 is 0. The van der Waals surface area contributed by atoms with Crippen LogP contribution in [0.1, 0.15) is 60.5 Å². The second-order valence-corrected chi connectivity index (χ2v) is 11.4. The molecule has 0 spiro atoms. The molecule has 0 bridgehead atoms. The third-order valence-electron chi connectivity index (χ3n) is 8.87. The first kappa shape index (κ1) is 25.8. The second-order valence-electron chi connectivity index (χ2n) is 11.4. The Bertz CT molecular complexity index is 1340. The van der Waals surface area contributed by atoms with Gasteiger partial charge in [-0.25, -0.2) is 4.39 Å². The van der Waals surface area contributed by atoms with Crippen LogP contribution < -0.4 is 5.32 Å². The number of likely N-dealkylation sites (tertiary alicyclic amines) is 2. The summed E-state index contributed by atoms with van der Waals surface area (Å²) in [6.07, 6.45) is 13.3. The molecule has 1 aromatic heterocycles. The lowest BCUT2D eigenvalue weighted by molar-refractivity contribution is -0.132. The first-order valence-corrected chi connectivity index (χ1v) is 14.3. The van der Waals surface area contributed by atoms with Gasteiger partial charge in [0.1, 0.15) is 5.82 Å². The first-order chi connectivity index (χ1) is 19.0. The molecule has 2 unspecified atom stereocenters. The number of H-pyrrole nitrogens is 1. The lowest BCUT2D eigenvalue weighted by atomic mass is 9.85. The van der Waals surface area contributed by atoms with E-state index in [2.05, 4.69) is 15.2 Å². The van der Waals surface area contributed by atoms with Crippen LogP contribution in [0.4, 0.5) is 4.39 Å². The zero-order valence-electron chi connectivity index (χ0n) is 22.6. The minimum atomic E-state index is -0.233. The molecule has 39 heavy (non-hydrogen) atoms. The van der Waals surface area contributed by atoms with Crippen LogP contribution in [0.5, 0.6) is 0 Å². The molecule has 1 aromatic carbocycles. The Balaban J connectivity index is 1.18. The van der Waals surface area contributed by atoms with E-state index in [4.69, 9.17) is 0 Å². The van der Waals surface area contributed by atoms with E-state index in [-0.39, 0.29) is 29.5 Å². The van der Waals surface area contributed by atoms with Gasteiger partial charge in [-0.2, -0.15) is 0 Å². The van der Waals surface area contributed by atoms with Gasteiger partial charge in [-0.05, 0) is 87.5 Å². The van der Waals surface area contributed by atoms with Gasteiger partial charge in [0.05, 0.1) is 6.42 Å². The molecule has 1 aliphatic carbocycles. The van der Waals surface area contributed by atoms with E-state index >= 15 is 0 Å². The first-order valence-electron chi connectivity index (χ1n) is 14.3. The molecule has 3 fully saturated rings. The van der Waals surface area contributed by atoms with Gasteiger partial charge in [0.25, 0.3) is 5.91 Å². The van der Waals surface area contributed by atoms with E-state index in [1.165, 1.54) is 32.0 Å². The molecule has 6 nitrogen and oxygen atoms in total. The molecule has 2 amide bonds. The monoisotopic (exact) mass is 528 g/mol. The predicted molar refractivity (Wildman–Crippen MR) is 150 cm³/mol. The number of aromatic nitrogens is 1. The van der Waals surface area contributed by atoms with Crippen molar-refractivity contribution in [2.45, 2.75) is 57.4 Å². The number of rotatable bonds is 5. The summed E-state index contributed by atoms with van der Waals surface area (Å²) in [6, 6.07) is 9.46. The third kappa shape index (κ3) is 5.37. The summed E-state index contributed by atoms with van der Waals surface area (Å²) < 4.78 is 14.6. The van der Waals surface area contributed by atoms with Gasteiger partial charge in [-0.3, -0.25) is 9.59 Å². The smallest absolute Gasteiger partial charge is 0.252 e. The molecule has 4 heterocycles. The zero-order valence-corrected chi connectivity index (χ0v) is 22.6. The number of carbonyl (C=O) groups excluding carboxylic acids is 2. The molecule has 204 valence electrons. The molecule has 2 aromatic rings. The molecular formula is C32H37FN4O2. The summed E-state index contributed by atoms with van der Waals surface area (Å²) in [5.74, 6) is -0.542. The average Bonchev–Trinajstić information content (AvgIpc) is 3.62. The number of aromatic amines is 1. The number of benzene rings is 1. The highest BCUT2D eigenvalue weighted by molar-refractivity contribution is 6.03. The number of hydrogen-bond donors (Lipinski definition) is 2. The largest absolute Gasteiger partial charge is 0.359 e. The number of halogens is 1. The quantitative estimate of drug-likeness (QED) is 0.546. The highest BCUT2D eigenvalue weighted by Crippen LogP contribution is 2.39. The Hall–Kier alpha value is -3.45. The van der Waals surface area contributed by atoms with Crippen molar-refractivity contribution in [3.8, 4) is 0 Å². The molecule has 3 aliphatic heterocycles. The standard InChI is InChI=1S/C32H37FN4O2/c1-21-17-23(19-31(38)37-15-11-24(12-16-37)36-13-4-5-14-36)30(34-21)20-27-26-18-22(25-8-2-3-9-28(25)33)7-6-10-29(26)35-32(27)39/h2-3,6-10,17,20,22,24,26,34H,4-5,11-16,18-19H2,1H3,(H,35,39)/b27-20-. The maximum Gasteiger partial charge on any atom is 0.252 e. The summed E-state index contributed by atoms with van der Waals surface area (Å²) in [5.41, 5.74) is 4.79. The van der Waals surface area contributed by atoms with E-state index in [0.717, 1.165) is 48.6 Å². The van der Waals surface area contributed by atoms with Crippen LogP contribution >= 0.6 is 0 Å². The number of carbonyl (C=O) groups is 2. The molecule has 0 radical (unpaired) electrons. The van der Waals surface area contributed by atoms with Crippen molar-refractivity contribution in [2.24, 2.45) is 5.92 Å². The van der Waals surface area contributed by atoms with Gasteiger partial charge in [0, 0.05) is 53.6 Å². The van der Waals surface area contributed by atoms with E-state index in [1.54, 1.807) is 6.07 Å². The van der Waals surface area contributed by atoms with Crippen molar-refractivity contribution in [1.29, 1.82) is 0 Å². The molecule has 4 aliphatic rings. The maximum absolute atomic E-state index is 14.6. The van der Waals surface area contributed by atoms with Crippen molar-refractivity contribution in [3.63, 3.8) is 0 Å². The van der Waals surface area contributed by atoms with Gasteiger partial charge in [0.15, 0.2) is 0 Å². The summed E-state index contributed by atoms with van der Waals surface area (Å²) in [7, 11) is 0. The SMILES string of the molecule is Cc1cc(CC(=O)N2CCC(N3CCCC3)CC2)c(/C=C2\C(=O)NC3=CC=CC(c4ccccc4F)CC32)[nH]1. The van der Waals surface area contributed by atoms with Crippen LogP contribution in [0.25, 0.3) is 6.08 Å². The van der Waals surface area contributed by atoms with Crippen LogP contribution in [0.2, 0.25) is 0 Å². The van der Waals surface area contributed by atoms with Crippen molar-refractivity contribution in [2.75, 3.05) is 26.2 Å². The number of fused-ring (bicyclic) bond motifs is 1. The Morgan fingerprint density at radius 2 is 1.90 bits per heavy atom. The van der Waals surface area contributed by atoms with Crippen molar-refractivity contribution >= 4 is 17.9 Å². The minimum absolute atomic E-state index is 0.137. The van der Waals surface area contributed by atoms with Crippen LogP contribution in [-0.2, 0) is 16.0 Å². The predicted octanol–water partition coefficient (Wildman–Crippen LogP) is 4.85. The van der Waals surface area contributed by atoms with Crippen LogP contribution in [0, 0.1) is 18.7 Å². The van der Waals surface area contributed by atoms with Crippen LogP contribution in [0.15, 0.2) is 59.8 Å². The number of hydrogen-bond acceptors (Lipinski definition) is 3. The van der Waals surface area contributed by atoms with E-state index in [0.29, 0.717) is 30.0 Å². The summed E-state index contributed by atoms with van der Waals surface area (Å²) in [4.78, 5) is 34.4. The highest BCUT2D eigenvalue weighted by atomic mass is 19.1. The number of nitrogens with zero attached hydrogens (tertiary/aromatic N) is 2. The maximum atomic E-state index is 14.6. The number of piperidine rings is 1.